The Bertz CT molecular complexity index is 1410. The topological polar surface area (TPSA) is 78.8 Å². The summed E-state index contributed by atoms with van der Waals surface area (Å²) in [6.45, 7) is -0.805. The van der Waals surface area contributed by atoms with Crippen molar-refractivity contribution in [3.63, 3.8) is 0 Å². The number of alkyl halides is 3. The number of benzene rings is 3. The maximum atomic E-state index is 13.1. The number of nitrogens with zero attached hydrogens (tertiary/aromatic N) is 2. The van der Waals surface area contributed by atoms with E-state index in [0.717, 1.165) is 42.2 Å². The van der Waals surface area contributed by atoms with Crippen molar-refractivity contribution in [1.29, 1.82) is 0 Å². The summed E-state index contributed by atoms with van der Waals surface area (Å²) < 4.78 is 64.3. The van der Waals surface area contributed by atoms with E-state index >= 15 is 0 Å². The fraction of sp³-hybridized carbons (Fsp3) is 0.217. The van der Waals surface area contributed by atoms with Crippen LogP contribution in [-0.2, 0) is 33.8 Å². The third-order valence-electron chi connectivity index (χ3n) is 5.53. The zero-order chi connectivity index (χ0) is 24.7. The normalized spacial score (nSPS) is 13.6. The van der Waals surface area contributed by atoms with E-state index in [1.807, 2.05) is 24.3 Å². The van der Waals surface area contributed by atoms with Gasteiger partial charge in [-0.15, -0.1) is 0 Å². The first-order chi connectivity index (χ1) is 15.9. The molecular formula is C23H19ClF3N3O3S. The van der Waals surface area contributed by atoms with Gasteiger partial charge in [-0.2, -0.15) is 18.3 Å². The number of amides is 1. The second-order valence-corrected chi connectivity index (χ2v) is 10.2. The molecule has 178 valence electrons. The lowest BCUT2D eigenvalue weighted by Crippen LogP contribution is -2.39. The average Bonchev–Trinajstić information content (AvgIpc) is 3.17. The summed E-state index contributed by atoms with van der Waals surface area (Å²) in [5.41, 5.74) is 3.95. The number of hydrazone groups is 1. The zero-order valence-corrected chi connectivity index (χ0v) is 19.4. The van der Waals surface area contributed by atoms with Gasteiger partial charge in [0.05, 0.1) is 28.7 Å². The van der Waals surface area contributed by atoms with Crippen LogP contribution in [0, 0.1) is 0 Å². The van der Waals surface area contributed by atoms with E-state index in [2.05, 4.69) is 16.6 Å². The van der Waals surface area contributed by atoms with Gasteiger partial charge in [-0.1, -0.05) is 41.9 Å². The highest BCUT2D eigenvalue weighted by Gasteiger charge is 2.33. The molecule has 0 bridgehead atoms. The molecule has 3 aromatic carbocycles. The molecule has 34 heavy (non-hydrogen) atoms. The summed E-state index contributed by atoms with van der Waals surface area (Å²) in [5, 5.41) is 5.82. The summed E-state index contributed by atoms with van der Waals surface area (Å²) >= 11 is 5.97. The lowest BCUT2D eigenvalue weighted by atomic mass is 10.0. The van der Waals surface area contributed by atoms with Crippen molar-refractivity contribution in [3.8, 4) is 0 Å². The molecule has 0 aliphatic heterocycles. The van der Waals surface area contributed by atoms with Crippen molar-refractivity contribution in [2.24, 2.45) is 5.10 Å². The van der Waals surface area contributed by atoms with E-state index < -0.39 is 39.9 Å². The van der Waals surface area contributed by atoms with Gasteiger partial charge in [0.2, 0.25) is 10.0 Å². The number of sulfonamides is 1. The minimum Gasteiger partial charge on any atom is -0.271 e. The van der Waals surface area contributed by atoms with Crippen LogP contribution in [0.1, 0.15) is 22.3 Å². The minimum absolute atomic E-state index is 0.248. The number of aryl methyl sites for hydroxylation is 2. The van der Waals surface area contributed by atoms with Crippen molar-refractivity contribution in [2.45, 2.75) is 19.0 Å². The van der Waals surface area contributed by atoms with Crippen LogP contribution in [0.25, 0.3) is 10.8 Å². The van der Waals surface area contributed by atoms with Gasteiger partial charge in [-0.3, -0.25) is 9.10 Å². The first kappa shape index (κ1) is 24.0. The Labute approximate surface area is 199 Å². The molecule has 0 spiro atoms. The standard InChI is InChI=1S/C23H19ClF3N3O3S/c1-34(32,33)30(20-11-17(23(25,26)27)9-10-19(20)24)13-21(31)29-28-12-16-8-7-15-6-5-14-3-2-4-18(16)22(14)15/h2-4,7-12H,5-6,13H2,1H3,(H,29,31)/b28-12-. The Hall–Kier alpha value is -3.11. The van der Waals surface area contributed by atoms with Gasteiger partial charge in [0.25, 0.3) is 5.91 Å². The highest BCUT2D eigenvalue weighted by atomic mass is 35.5. The second kappa shape index (κ2) is 8.92. The van der Waals surface area contributed by atoms with Crippen molar-refractivity contribution < 1.29 is 26.4 Å². The molecule has 0 radical (unpaired) electrons. The Morgan fingerprint density at radius 1 is 1.15 bits per heavy atom. The summed E-state index contributed by atoms with van der Waals surface area (Å²) in [6.07, 6.45) is -0.574. The predicted octanol–water partition coefficient (Wildman–Crippen LogP) is 4.53. The third kappa shape index (κ3) is 4.88. The first-order valence-electron chi connectivity index (χ1n) is 10.1. The SMILES string of the molecule is CS(=O)(=O)N(CC(=O)N/N=C\c1ccc2c3c(cccc13)CC2)c1cc(C(F)(F)F)ccc1Cl. The molecule has 0 atom stereocenters. The molecule has 0 aromatic heterocycles. The lowest BCUT2D eigenvalue weighted by molar-refractivity contribution is -0.137. The molecule has 0 saturated heterocycles. The molecule has 1 aliphatic carbocycles. The number of hydrogen-bond donors (Lipinski definition) is 1. The van der Waals surface area contributed by atoms with Crippen LogP contribution in [0.2, 0.25) is 5.02 Å². The molecule has 3 aromatic rings. The quantitative estimate of drug-likeness (QED) is 0.392. The van der Waals surface area contributed by atoms with Crippen LogP contribution in [-0.4, -0.2) is 33.3 Å². The van der Waals surface area contributed by atoms with Gasteiger partial charge < -0.3 is 0 Å². The lowest BCUT2D eigenvalue weighted by Gasteiger charge is -2.23. The second-order valence-electron chi connectivity index (χ2n) is 7.88. The highest BCUT2D eigenvalue weighted by Crippen LogP contribution is 2.36. The predicted molar refractivity (Wildman–Crippen MR) is 126 cm³/mol. The van der Waals surface area contributed by atoms with Crippen LogP contribution in [0.3, 0.4) is 0 Å². The third-order valence-corrected chi connectivity index (χ3v) is 6.98. The van der Waals surface area contributed by atoms with Crippen molar-refractivity contribution in [1.82, 2.24) is 5.43 Å². The van der Waals surface area contributed by atoms with Crippen LogP contribution in [0.4, 0.5) is 18.9 Å². The van der Waals surface area contributed by atoms with E-state index in [9.17, 15) is 26.4 Å². The first-order valence-corrected chi connectivity index (χ1v) is 12.4. The fourth-order valence-electron chi connectivity index (χ4n) is 3.98. The molecule has 1 N–H and O–H groups in total. The van der Waals surface area contributed by atoms with Crippen molar-refractivity contribution in [3.05, 3.63) is 75.8 Å². The number of anilines is 1. The molecule has 1 amide bonds. The smallest absolute Gasteiger partial charge is 0.271 e. The van der Waals surface area contributed by atoms with Crippen LogP contribution >= 0.6 is 11.6 Å². The zero-order valence-electron chi connectivity index (χ0n) is 17.9. The monoisotopic (exact) mass is 509 g/mol. The maximum absolute atomic E-state index is 13.1. The van der Waals surface area contributed by atoms with E-state index in [0.29, 0.717) is 10.4 Å². The highest BCUT2D eigenvalue weighted by molar-refractivity contribution is 7.92. The molecule has 4 rings (SSSR count). The van der Waals surface area contributed by atoms with E-state index in [4.69, 9.17) is 11.6 Å². The largest absolute Gasteiger partial charge is 0.416 e. The van der Waals surface area contributed by atoms with Gasteiger partial charge in [-0.05, 0) is 52.9 Å². The van der Waals surface area contributed by atoms with Crippen LogP contribution in [0.15, 0.2) is 53.6 Å². The minimum atomic E-state index is -4.71. The number of nitrogens with one attached hydrogen (secondary N) is 1. The molecule has 0 saturated carbocycles. The number of rotatable bonds is 6. The summed E-state index contributed by atoms with van der Waals surface area (Å²) in [4.78, 5) is 12.4. The Morgan fingerprint density at radius 3 is 2.53 bits per heavy atom. The van der Waals surface area contributed by atoms with Crippen LogP contribution in [0.5, 0.6) is 0 Å². The van der Waals surface area contributed by atoms with Crippen LogP contribution < -0.4 is 9.73 Å². The fourth-order valence-corrected chi connectivity index (χ4v) is 5.11. The van der Waals surface area contributed by atoms with Gasteiger partial charge in [0, 0.05) is 5.56 Å². The number of hydrogen-bond acceptors (Lipinski definition) is 4. The van der Waals surface area contributed by atoms with E-state index in [1.165, 1.54) is 22.7 Å². The van der Waals surface area contributed by atoms with Gasteiger partial charge in [-0.25, -0.2) is 13.8 Å². The molecular weight excluding hydrogens is 491 g/mol. The Morgan fingerprint density at radius 2 is 1.85 bits per heavy atom. The van der Waals surface area contributed by atoms with Crippen molar-refractivity contribution in [2.75, 3.05) is 17.1 Å². The maximum Gasteiger partial charge on any atom is 0.416 e. The average molecular weight is 510 g/mol. The molecule has 6 nitrogen and oxygen atoms in total. The Balaban J connectivity index is 1.55. The number of halogens is 4. The summed E-state index contributed by atoms with van der Waals surface area (Å²) in [6, 6.07) is 12.1. The van der Waals surface area contributed by atoms with Gasteiger partial charge in [0.1, 0.15) is 6.54 Å². The van der Waals surface area contributed by atoms with E-state index in [-0.39, 0.29) is 5.02 Å². The number of carbonyl (C=O) groups is 1. The summed E-state index contributed by atoms with van der Waals surface area (Å²) in [5.74, 6) is -0.846. The number of carbonyl (C=O) groups excluding carboxylic acids is 1. The molecule has 1 aliphatic rings. The van der Waals surface area contributed by atoms with E-state index in [1.54, 1.807) is 0 Å². The van der Waals surface area contributed by atoms with Gasteiger partial charge in [0.15, 0.2) is 0 Å². The summed E-state index contributed by atoms with van der Waals surface area (Å²) in [7, 11) is -4.14. The molecule has 0 unspecified atom stereocenters. The molecule has 0 fully saturated rings. The molecule has 0 heterocycles. The van der Waals surface area contributed by atoms with Crippen molar-refractivity contribution >= 4 is 50.2 Å². The van der Waals surface area contributed by atoms with Gasteiger partial charge >= 0.3 is 6.18 Å². The Kier molecular flexibility index (Phi) is 6.30. The molecule has 11 heteroatoms.